The van der Waals surface area contributed by atoms with Gasteiger partial charge in [0.05, 0.1) is 12.3 Å². The Hall–Kier alpha value is -0.130. The Bertz CT molecular complexity index is 484. The van der Waals surface area contributed by atoms with Gasteiger partial charge in [0.1, 0.15) is 0 Å². The van der Waals surface area contributed by atoms with E-state index in [1.165, 1.54) is 0 Å². The molecule has 0 amide bonds. The molecule has 1 aliphatic rings. The number of aliphatic imine (C=N–C) groups is 1. The molecule has 1 fully saturated rings. The minimum Gasteiger partial charge on any atom is -0.357 e. The zero-order chi connectivity index (χ0) is 17.5. The fraction of sp³-hybridized carbons (Fsp3) is 0.933. The van der Waals surface area contributed by atoms with Gasteiger partial charge in [-0.05, 0) is 33.6 Å². The van der Waals surface area contributed by atoms with Crippen LogP contribution in [-0.4, -0.2) is 69.8 Å². The summed E-state index contributed by atoms with van der Waals surface area (Å²) in [6, 6.07) is 0.912. The lowest BCUT2D eigenvalue weighted by molar-refractivity contribution is 0.265. The molecule has 0 spiro atoms. The molecule has 0 radical (unpaired) electrons. The molecule has 1 saturated heterocycles. The number of hydrogen-bond donors (Lipinski definition) is 3. The Labute approximate surface area is 164 Å². The van der Waals surface area contributed by atoms with Crippen molar-refractivity contribution in [1.82, 2.24) is 20.3 Å². The summed E-state index contributed by atoms with van der Waals surface area (Å²) in [4.78, 5) is 6.93. The minimum absolute atomic E-state index is 0. The van der Waals surface area contributed by atoms with Gasteiger partial charge in [0, 0.05) is 38.3 Å². The van der Waals surface area contributed by atoms with E-state index in [2.05, 4.69) is 46.0 Å². The lowest BCUT2D eigenvalue weighted by Crippen LogP contribution is -2.47. The Kier molecular flexibility index (Phi) is 11.4. The molecule has 0 aromatic heterocycles. The first kappa shape index (κ1) is 23.9. The Balaban J connectivity index is 0.00000529. The second-order valence-corrected chi connectivity index (χ2v) is 8.43. The van der Waals surface area contributed by atoms with Gasteiger partial charge >= 0.3 is 0 Å². The van der Waals surface area contributed by atoms with Gasteiger partial charge in [0.15, 0.2) is 5.96 Å². The van der Waals surface area contributed by atoms with Crippen LogP contribution in [-0.2, 0) is 10.0 Å². The first-order chi connectivity index (χ1) is 10.8. The van der Waals surface area contributed by atoms with Crippen molar-refractivity contribution in [3.63, 3.8) is 0 Å². The summed E-state index contributed by atoms with van der Waals surface area (Å²) in [5.41, 5.74) is 0. The number of guanidine groups is 1. The predicted molar refractivity (Wildman–Crippen MR) is 112 cm³/mol. The molecule has 1 aliphatic heterocycles. The fourth-order valence-electron chi connectivity index (χ4n) is 2.58. The summed E-state index contributed by atoms with van der Waals surface area (Å²) in [6.07, 6.45) is 0. The molecule has 0 bridgehead atoms. The Morgan fingerprint density at radius 2 is 1.96 bits per heavy atom. The van der Waals surface area contributed by atoms with Gasteiger partial charge in [-0.25, -0.2) is 13.1 Å². The van der Waals surface area contributed by atoms with E-state index in [-0.39, 0.29) is 29.7 Å². The summed E-state index contributed by atoms with van der Waals surface area (Å²) in [6.45, 7) is 13.9. The molecule has 2 unspecified atom stereocenters. The van der Waals surface area contributed by atoms with Crippen LogP contribution in [0.25, 0.3) is 0 Å². The number of rotatable bonds is 8. The largest absolute Gasteiger partial charge is 0.357 e. The van der Waals surface area contributed by atoms with E-state index in [0.29, 0.717) is 31.1 Å². The average Bonchev–Trinajstić information content (AvgIpc) is 2.85. The molecule has 1 heterocycles. The predicted octanol–water partition coefficient (Wildman–Crippen LogP) is 0.828. The van der Waals surface area contributed by atoms with Gasteiger partial charge in [0.2, 0.25) is 10.0 Å². The van der Waals surface area contributed by atoms with Crippen molar-refractivity contribution in [2.75, 3.05) is 38.5 Å². The van der Waals surface area contributed by atoms with Gasteiger partial charge in [-0.15, -0.1) is 24.0 Å². The average molecular weight is 475 g/mol. The molecule has 7 nitrogen and oxygen atoms in total. The zero-order valence-electron chi connectivity index (χ0n) is 15.5. The maximum atomic E-state index is 11.4. The van der Waals surface area contributed by atoms with Gasteiger partial charge in [-0.1, -0.05) is 6.92 Å². The molecular weight excluding hydrogens is 441 g/mol. The molecule has 0 aliphatic carbocycles. The number of halogens is 1. The highest BCUT2D eigenvalue weighted by molar-refractivity contribution is 14.0. The monoisotopic (exact) mass is 475 g/mol. The van der Waals surface area contributed by atoms with E-state index < -0.39 is 10.0 Å². The summed E-state index contributed by atoms with van der Waals surface area (Å²) in [5, 5.41) is 6.71. The number of likely N-dealkylation sites (tertiary alicyclic amines) is 1. The van der Waals surface area contributed by atoms with E-state index in [1.807, 2.05) is 6.92 Å². The standard InChI is InChI=1S/C15H33N5O2S.HI/c1-6-16-15(17-8-9-18-23(21,22)7-2)19-14-11-20(12(3)4)10-13(14)5;/h12-14,18H,6-11H2,1-5H3,(H2,16,17,19);1H. The lowest BCUT2D eigenvalue weighted by atomic mass is 10.1. The van der Waals surface area contributed by atoms with Crippen LogP contribution >= 0.6 is 24.0 Å². The van der Waals surface area contributed by atoms with Crippen LogP contribution in [0.4, 0.5) is 0 Å². The van der Waals surface area contributed by atoms with Crippen LogP contribution in [0.2, 0.25) is 0 Å². The maximum Gasteiger partial charge on any atom is 0.211 e. The minimum atomic E-state index is -3.14. The first-order valence-corrected chi connectivity index (χ1v) is 10.2. The molecule has 9 heteroatoms. The first-order valence-electron chi connectivity index (χ1n) is 8.55. The fourth-order valence-corrected chi connectivity index (χ4v) is 3.19. The molecule has 0 saturated carbocycles. The number of hydrogen-bond acceptors (Lipinski definition) is 4. The van der Waals surface area contributed by atoms with Crippen LogP contribution in [0.5, 0.6) is 0 Å². The lowest BCUT2D eigenvalue weighted by Gasteiger charge is -2.22. The van der Waals surface area contributed by atoms with Crippen molar-refractivity contribution >= 4 is 40.0 Å². The summed E-state index contributed by atoms with van der Waals surface area (Å²) >= 11 is 0. The van der Waals surface area contributed by atoms with Crippen LogP contribution < -0.4 is 15.4 Å². The highest BCUT2D eigenvalue weighted by Gasteiger charge is 2.31. The molecule has 24 heavy (non-hydrogen) atoms. The maximum absolute atomic E-state index is 11.4. The van der Waals surface area contributed by atoms with Crippen molar-refractivity contribution in [2.24, 2.45) is 10.9 Å². The molecule has 3 N–H and O–H groups in total. The van der Waals surface area contributed by atoms with Crippen molar-refractivity contribution in [3.8, 4) is 0 Å². The van der Waals surface area contributed by atoms with E-state index in [1.54, 1.807) is 6.92 Å². The van der Waals surface area contributed by atoms with Gasteiger partial charge in [-0.2, -0.15) is 0 Å². The van der Waals surface area contributed by atoms with Crippen LogP contribution in [0.3, 0.4) is 0 Å². The molecule has 0 aromatic rings. The highest BCUT2D eigenvalue weighted by atomic mass is 127. The van der Waals surface area contributed by atoms with E-state index in [4.69, 9.17) is 0 Å². The highest BCUT2D eigenvalue weighted by Crippen LogP contribution is 2.18. The molecule has 2 atom stereocenters. The van der Waals surface area contributed by atoms with E-state index in [0.717, 1.165) is 25.6 Å². The number of nitrogens with zero attached hydrogens (tertiary/aromatic N) is 2. The third-order valence-electron chi connectivity index (χ3n) is 4.12. The molecule has 0 aromatic carbocycles. The smallest absolute Gasteiger partial charge is 0.211 e. The Morgan fingerprint density at radius 3 is 2.46 bits per heavy atom. The van der Waals surface area contributed by atoms with Gasteiger partial charge < -0.3 is 10.6 Å². The Morgan fingerprint density at radius 1 is 1.29 bits per heavy atom. The number of sulfonamides is 1. The second-order valence-electron chi connectivity index (χ2n) is 6.33. The van der Waals surface area contributed by atoms with Crippen molar-refractivity contribution < 1.29 is 8.42 Å². The summed E-state index contributed by atoms with van der Waals surface area (Å²) < 4.78 is 25.3. The normalized spacial score (nSPS) is 22.5. The van der Waals surface area contributed by atoms with Crippen molar-refractivity contribution in [2.45, 2.75) is 46.7 Å². The second kappa shape index (κ2) is 11.5. The topological polar surface area (TPSA) is 85.8 Å². The van der Waals surface area contributed by atoms with E-state index >= 15 is 0 Å². The van der Waals surface area contributed by atoms with Crippen LogP contribution in [0.1, 0.15) is 34.6 Å². The van der Waals surface area contributed by atoms with E-state index in [9.17, 15) is 8.42 Å². The molecular formula is C15H34IN5O2S. The van der Waals surface area contributed by atoms with Gasteiger partial charge in [-0.3, -0.25) is 9.89 Å². The zero-order valence-corrected chi connectivity index (χ0v) is 18.6. The van der Waals surface area contributed by atoms with Crippen LogP contribution in [0, 0.1) is 5.92 Å². The quantitative estimate of drug-likeness (QED) is 0.210. The molecule has 144 valence electrons. The summed E-state index contributed by atoms with van der Waals surface area (Å²) in [5.74, 6) is 1.41. The SMILES string of the molecule is CCNC(=NCCNS(=O)(=O)CC)NC1CN(C(C)C)CC1C.I. The molecule has 1 rings (SSSR count). The van der Waals surface area contributed by atoms with Crippen LogP contribution in [0.15, 0.2) is 4.99 Å². The van der Waals surface area contributed by atoms with Crippen molar-refractivity contribution in [3.05, 3.63) is 0 Å². The number of nitrogens with one attached hydrogen (secondary N) is 3. The third-order valence-corrected chi connectivity index (χ3v) is 5.52. The summed E-state index contributed by atoms with van der Waals surface area (Å²) in [7, 11) is -3.14. The van der Waals surface area contributed by atoms with Gasteiger partial charge in [0.25, 0.3) is 0 Å². The third kappa shape index (κ3) is 8.30. The van der Waals surface area contributed by atoms with Crippen molar-refractivity contribution in [1.29, 1.82) is 0 Å².